The lowest BCUT2D eigenvalue weighted by Crippen LogP contribution is -2.44. The first-order chi connectivity index (χ1) is 23.3. The van der Waals surface area contributed by atoms with E-state index in [1.54, 1.807) is 0 Å². The monoisotopic (exact) mass is 624 g/mol. The second kappa shape index (κ2) is 10.3. The molecule has 7 heteroatoms. The van der Waals surface area contributed by atoms with Crippen LogP contribution in [0.3, 0.4) is 0 Å². The molecule has 9 rings (SSSR count). The van der Waals surface area contributed by atoms with Crippen LogP contribution < -0.4 is 31.1 Å². The Morgan fingerprint density at radius 2 is 1.46 bits per heavy atom. The van der Waals surface area contributed by atoms with Gasteiger partial charge in [0.05, 0.1) is 22.2 Å². The summed E-state index contributed by atoms with van der Waals surface area (Å²) in [5, 5.41) is 21.3. The van der Waals surface area contributed by atoms with E-state index in [4.69, 9.17) is 4.90 Å². The van der Waals surface area contributed by atoms with Crippen molar-refractivity contribution in [3.63, 3.8) is 0 Å². The Kier molecular flexibility index (Phi) is 6.12. The molecule has 2 N–H and O–H groups in total. The maximum Gasteiger partial charge on any atom is 0.427 e. The zero-order valence-corrected chi connectivity index (χ0v) is 27.2. The number of nitrogens with zero attached hydrogens (tertiary/aromatic N) is 3. The second-order valence-electron chi connectivity index (χ2n) is 13.2. The van der Waals surface area contributed by atoms with Crippen LogP contribution in [0, 0.1) is 13.8 Å². The molecule has 232 valence electrons. The Morgan fingerprint density at radius 1 is 0.750 bits per heavy atom. The Morgan fingerprint density at radius 3 is 2.21 bits per heavy atom. The highest BCUT2D eigenvalue weighted by Gasteiger charge is 2.41. The summed E-state index contributed by atoms with van der Waals surface area (Å²) in [5.41, 5.74) is 8.82. The van der Waals surface area contributed by atoms with E-state index >= 15 is 0 Å². The number of benzene rings is 6. The lowest BCUT2D eigenvalue weighted by molar-refractivity contribution is -0.109. The number of carbonyl (C=O) groups excluding carboxylic acids is 1. The maximum atomic E-state index is 14.4. The Hall–Kier alpha value is -5.82. The van der Waals surface area contributed by atoms with Gasteiger partial charge in [-0.2, -0.15) is 0 Å². The zero-order chi connectivity index (χ0) is 32.8. The van der Waals surface area contributed by atoms with Crippen LogP contribution in [0.5, 0.6) is 0 Å². The molecule has 0 fully saturated rings. The molecule has 1 atom stereocenters. The van der Waals surface area contributed by atoms with E-state index in [2.05, 4.69) is 116 Å². The number of aliphatic hydroxyl groups is 1. The molecule has 1 unspecified atom stereocenters. The molecular weight excluding hydrogens is 591 g/mol. The van der Waals surface area contributed by atoms with Gasteiger partial charge in [0.1, 0.15) is 11.9 Å². The third kappa shape index (κ3) is 4.00. The van der Waals surface area contributed by atoms with Gasteiger partial charge >= 0.3 is 6.98 Å². The van der Waals surface area contributed by atoms with Crippen LogP contribution in [0.1, 0.15) is 28.4 Å². The first-order valence-corrected chi connectivity index (χ1v) is 16.3. The first kappa shape index (κ1) is 28.4. The largest absolute Gasteiger partial charge is 0.506 e. The maximum absolute atomic E-state index is 14.4. The predicted octanol–water partition coefficient (Wildman–Crippen LogP) is 6.34. The van der Waals surface area contributed by atoms with Crippen molar-refractivity contribution >= 4 is 68.0 Å². The van der Waals surface area contributed by atoms with E-state index in [-0.39, 0.29) is 24.7 Å². The SMILES string of the molecule is Cc1cc(C)cc(B2N=c3cccc4cc/c(=C5\C(=O)C(c6ccc7cccc8c7c6N(C)C(c6ccccc6)N8C)=C5O)c(c34)N2)c1. The van der Waals surface area contributed by atoms with Gasteiger partial charge in [-0.15, -0.1) is 0 Å². The first-order valence-electron chi connectivity index (χ1n) is 16.3. The fourth-order valence-corrected chi connectivity index (χ4v) is 8.15. The third-order valence-corrected chi connectivity index (χ3v) is 10.2. The number of carbonyl (C=O) groups is 1. The van der Waals surface area contributed by atoms with E-state index in [0.29, 0.717) is 16.4 Å². The summed E-state index contributed by atoms with van der Waals surface area (Å²) >= 11 is 0. The van der Waals surface area contributed by atoms with Crippen molar-refractivity contribution in [3.05, 3.63) is 148 Å². The average molecular weight is 625 g/mol. The van der Waals surface area contributed by atoms with Crippen LogP contribution in [0.25, 0.3) is 32.7 Å². The van der Waals surface area contributed by atoms with Gasteiger partial charge < -0.3 is 25.0 Å². The number of anilines is 3. The van der Waals surface area contributed by atoms with Crippen LogP contribution in [0.2, 0.25) is 0 Å². The summed E-state index contributed by atoms with van der Waals surface area (Å²) in [6.45, 7) is 3.86. The van der Waals surface area contributed by atoms with Crippen molar-refractivity contribution in [1.82, 2.24) is 0 Å². The number of hydrogen-bond donors (Lipinski definition) is 2. The highest BCUT2D eigenvalue weighted by molar-refractivity contribution is 6.75. The van der Waals surface area contributed by atoms with Crippen LogP contribution in [0.4, 0.5) is 17.1 Å². The van der Waals surface area contributed by atoms with Gasteiger partial charge in [0.15, 0.2) is 0 Å². The van der Waals surface area contributed by atoms with Crippen molar-refractivity contribution in [2.45, 2.75) is 20.0 Å². The summed E-state index contributed by atoms with van der Waals surface area (Å²) < 4.78 is 0. The second-order valence-corrected chi connectivity index (χ2v) is 13.2. The fourth-order valence-electron chi connectivity index (χ4n) is 8.15. The normalized spacial score (nSPS) is 17.9. The quantitative estimate of drug-likeness (QED) is 0.225. The fraction of sp³-hybridized carbons (Fsp3) is 0.122. The summed E-state index contributed by atoms with van der Waals surface area (Å²) in [5.74, 6) is -0.137. The van der Waals surface area contributed by atoms with Gasteiger partial charge in [0, 0.05) is 47.0 Å². The summed E-state index contributed by atoms with van der Waals surface area (Å²) in [7, 11) is 4.18. The molecule has 1 aliphatic carbocycles. The molecule has 0 saturated heterocycles. The minimum absolute atomic E-state index is 0.0250. The molecule has 6 nitrogen and oxygen atoms in total. The Bertz CT molecular complexity index is 2520. The van der Waals surface area contributed by atoms with Gasteiger partial charge in [0.2, 0.25) is 5.78 Å². The number of rotatable bonds is 3. The minimum atomic E-state index is -0.326. The molecule has 0 spiro atoms. The van der Waals surface area contributed by atoms with E-state index in [9.17, 15) is 9.90 Å². The van der Waals surface area contributed by atoms with Crippen LogP contribution >= 0.6 is 0 Å². The lowest BCUT2D eigenvalue weighted by Gasteiger charge is -2.45. The number of aryl methyl sites for hydroxylation is 2. The van der Waals surface area contributed by atoms with Crippen LogP contribution in [0.15, 0.2) is 120 Å². The molecule has 3 aliphatic rings. The van der Waals surface area contributed by atoms with Crippen molar-refractivity contribution < 1.29 is 9.90 Å². The molecule has 48 heavy (non-hydrogen) atoms. The highest BCUT2D eigenvalue weighted by Crippen LogP contribution is 2.51. The van der Waals surface area contributed by atoms with Crippen molar-refractivity contribution in [2.75, 3.05) is 29.1 Å². The van der Waals surface area contributed by atoms with Crippen LogP contribution in [-0.4, -0.2) is 32.0 Å². The molecule has 0 saturated carbocycles. The van der Waals surface area contributed by atoms with Gasteiger partial charge in [-0.1, -0.05) is 108 Å². The molecule has 0 bridgehead atoms. The molecule has 6 aromatic carbocycles. The molecule has 2 aliphatic heterocycles. The summed E-state index contributed by atoms with van der Waals surface area (Å²) in [6.07, 6.45) is -0.0923. The molecular formula is C41H33BN4O2. The standard InChI is InChI=1S/C41H33BN4O2/c1-23-20-24(2)22-28(21-23)42-43-31-14-8-12-25-16-18-29(37(44-42)33(25)31)35-39(47)36(40(35)48)30-19-17-26-13-9-15-32-34(26)38(30)46(4)41(45(32)3)27-10-6-5-7-11-27/h5-22,41,44,47H,1-4H3/b35-29+. The van der Waals surface area contributed by atoms with E-state index in [1.807, 2.05) is 36.4 Å². The molecule has 0 aromatic heterocycles. The van der Waals surface area contributed by atoms with Gasteiger partial charge in [-0.3, -0.25) is 4.79 Å². The van der Waals surface area contributed by atoms with Gasteiger partial charge in [-0.05, 0) is 47.8 Å². The van der Waals surface area contributed by atoms with Crippen molar-refractivity contribution in [1.29, 1.82) is 0 Å². The summed E-state index contributed by atoms with van der Waals surface area (Å²) in [4.78, 5) is 24.0. The number of hydrogen-bond acceptors (Lipinski definition) is 6. The van der Waals surface area contributed by atoms with E-state index < -0.39 is 0 Å². The molecule has 0 radical (unpaired) electrons. The smallest absolute Gasteiger partial charge is 0.427 e. The summed E-state index contributed by atoms with van der Waals surface area (Å²) in [6, 6.07) is 37.3. The van der Waals surface area contributed by atoms with Crippen molar-refractivity contribution in [3.8, 4) is 0 Å². The number of aliphatic hydroxyl groups excluding tert-OH is 1. The minimum Gasteiger partial charge on any atom is -0.506 e. The molecule has 2 heterocycles. The highest BCUT2D eigenvalue weighted by atomic mass is 16.3. The number of Topliss-reactive ketones (excluding diaryl/α,β-unsaturated/α-hetero) is 1. The predicted molar refractivity (Wildman–Crippen MR) is 198 cm³/mol. The third-order valence-electron chi connectivity index (χ3n) is 10.2. The van der Waals surface area contributed by atoms with E-state index in [0.717, 1.165) is 60.6 Å². The number of nitrogens with one attached hydrogen (secondary N) is 1. The Balaban J connectivity index is 1.25. The molecule has 0 amide bonds. The van der Waals surface area contributed by atoms with Crippen molar-refractivity contribution in [2.24, 2.45) is 4.90 Å². The topological polar surface area (TPSA) is 68.2 Å². The van der Waals surface area contributed by atoms with Gasteiger partial charge in [0.25, 0.3) is 0 Å². The zero-order valence-electron chi connectivity index (χ0n) is 27.2. The van der Waals surface area contributed by atoms with E-state index in [1.165, 1.54) is 11.1 Å². The Labute approximate surface area is 279 Å². The molecule has 6 aromatic rings. The van der Waals surface area contributed by atoms with Crippen LogP contribution in [-0.2, 0) is 4.79 Å². The number of ketones is 1. The number of allylic oxidation sites excluding steroid dienone is 2. The lowest BCUT2D eigenvalue weighted by atomic mass is 9.66. The average Bonchev–Trinajstić information content (AvgIpc) is 3.08. The van der Waals surface area contributed by atoms with Gasteiger partial charge in [-0.25, -0.2) is 0 Å².